The average molecular weight is 201 g/mol. The first-order valence-corrected chi connectivity index (χ1v) is 4.65. The van der Waals surface area contributed by atoms with E-state index in [9.17, 15) is 4.79 Å². The first kappa shape index (κ1) is 9.68. The van der Waals surface area contributed by atoms with Gasteiger partial charge in [-0.15, -0.1) is 0 Å². The van der Waals surface area contributed by atoms with Crippen molar-refractivity contribution in [3.05, 3.63) is 48.0 Å². The minimum Gasteiger partial charge on any atom is -0.480 e. The van der Waals surface area contributed by atoms with Crippen LogP contribution in [-0.2, 0) is 4.79 Å². The number of hydrogen-bond donors (Lipinski definition) is 2. The van der Waals surface area contributed by atoms with E-state index < -0.39 is 12.0 Å². The van der Waals surface area contributed by atoms with Crippen LogP contribution in [0.2, 0.25) is 0 Å². The second-order valence-corrected chi connectivity index (χ2v) is 3.42. The smallest absolute Gasteiger partial charge is 0.325 e. The first-order chi connectivity index (χ1) is 7.18. The highest BCUT2D eigenvalue weighted by Crippen LogP contribution is 2.19. The molecule has 0 aromatic heterocycles. The van der Waals surface area contributed by atoms with Crippen molar-refractivity contribution < 1.29 is 9.90 Å². The molecule has 0 saturated heterocycles. The predicted molar refractivity (Wildman–Crippen MR) is 58.5 cm³/mol. The zero-order valence-electron chi connectivity index (χ0n) is 8.05. The zero-order chi connectivity index (χ0) is 10.8. The SMILES string of the molecule is N[C@@H](C(=O)O)c1ccc2ccccc2c1. The van der Waals surface area contributed by atoms with Crippen LogP contribution >= 0.6 is 0 Å². The fourth-order valence-corrected chi connectivity index (χ4v) is 1.54. The third kappa shape index (κ3) is 1.82. The third-order valence-electron chi connectivity index (χ3n) is 2.40. The van der Waals surface area contributed by atoms with Crippen molar-refractivity contribution in [2.75, 3.05) is 0 Å². The number of carbonyl (C=O) groups is 1. The molecule has 2 aromatic rings. The Morgan fingerprint density at radius 2 is 1.80 bits per heavy atom. The van der Waals surface area contributed by atoms with E-state index in [1.807, 2.05) is 36.4 Å². The van der Waals surface area contributed by atoms with Crippen LogP contribution in [-0.4, -0.2) is 11.1 Å². The van der Waals surface area contributed by atoms with Crippen LogP contribution < -0.4 is 5.73 Å². The standard InChI is InChI=1S/C12H11NO2/c13-11(12(14)15)10-6-5-8-3-1-2-4-9(8)7-10/h1-7,11H,13H2,(H,14,15)/t11-/m1/s1. The Morgan fingerprint density at radius 1 is 1.13 bits per heavy atom. The van der Waals surface area contributed by atoms with Crippen LogP contribution in [0.15, 0.2) is 42.5 Å². The molecule has 0 heterocycles. The Labute approximate surface area is 87.1 Å². The third-order valence-corrected chi connectivity index (χ3v) is 2.40. The van der Waals surface area contributed by atoms with Crippen LogP contribution in [0.4, 0.5) is 0 Å². The van der Waals surface area contributed by atoms with E-state index in [0.29, 0.717) is 5.56 Å². The van der Waals surface area contributed by atoms with Crippen molar-refractivity contribution in [2.24, 2.45) is 5.73 Å². The Kier molecular flexibility index (Phi) is 2.39. The lowest BCUT2D eigenvalue weighted by Gasteiger charge is -2.07. The molecule has 0 amide bonds. The summed E-state index contributed by atoms with van der Waals surface area (Å²) in [7, 11) is 0. The fraction of sp³-hybridized carbons (Fsp3) is 0.0833. The molecule has 0 saturated carbocycles. The van der Waals surface area contributed by atoms with Crippen LogP contribution in [0.25, 0.3) is 10.8 Å². The van der Waals surface area contributed by atoms with E-state index in [-0.39, 0.29) is 0 Å². The van der Waals surface area contributed by atoms with Crippen LogP contribution in [0, 0.1) is 0 Å². The maximum Gasteiger partial charge on any atom is 0.325 e. The minimum atomic E-state index is -1.01. The molecular formula is C12H11NO2. The summed E-state index contributed by atoms with van der Waals surface area (Å²) >= 11 is 0. The summed E-state index contributed by atoms with van der Waals surface area (Å²) in [6.45, 7) is 0. The highest BCUT2D eigenvalue weighted by molar-refractivity contribution is 5.85. The number of carboxylic acids is 1. The molecule has 2 aromatic carbocycles. The van der Waals surface area contributed by atoms with Gasteiger partial charge in [0.05, 0.1) is 0 Å². The molecule has 0 unspecified atom stereocenters. The quantitative estimate of drug-likeness (QED) is 0.780. The van der Waals surface area contributed by atoms with Gasteiger partial charge in [0, 0.05) is 0 Å². The zero-order valence-corrected chi connectivity index (χ0v) is 8.05. The van der Waals surface area contributed by atoms with Gasteiger partial charge in [0.25, 0.3) is 0 Å². The van der Waals surface area contributed by atoms with Gasteiger partial charge < -0.3 is 10.8 Å². The van der Waals surface area contributed by atoms with Gasteiger partial charge in [-0.1, -0.05) is 36.4 Å². The van der Waals surface area contributed by atoms with Gasteiger partial charge in [0.1, 0.15) is 6.04 Å². The molecule has 0 fully saturated rings. The number of carboxylic acid groups (broad SMARTS) is 1. The maximum absolute atomic E-state index is 10.7. The van der Waals surface area contributed by atoms with Crippen molar-refractivity contribution >= 4 is 16.7 Å². The van der Waals surface area contributed by atoms with Gasteiger partial charge in [0.2, 0.25) is 0 Å². The summed E-state index contributed by atoms with van der Waals surface area (Å²) in [6.07, 6.45) is 0. The molecule has 0 aliphatic carbocycles. The first-order valence-electron chi connectivity index (χ1n) is 4.65. The van der Waals surface area contributed by atoms with Crippen molar-refractivity contribution in [3.63, 3.8) is 0 Å². The predicted octanol–water partition coefficient (Wildman–Crippen LogP) is 1.92. The summed E-state index contributed by atoms with van der Waals surface area (Å²) in [6, 6.07) is 12.3. The Hall–Kier alpha value is -1.87. The molecule has 3 N–H and O–H groups in total. The molecule has 0 bridgehead atoms. The normalized spacial score (nSPS) is 12.6. The summed E-state index contributed by atoms with van der Waals surface area (Å²) in [5.41, 5.74) is 6.16. The molecule has 2 rings (SSSR count). The van der Waals surface area contributed by atoms with Gasteiger partial charge in [-0.3, -0.25) is 4.79 Å². The van der Waals surface area contributed by atoms with Gasteiger partial charge in [-0.25, -0.2) is 0 Å². The van der Waals surface area contributed by atoms with Crippen molar-refractivity contribution in [1.29, 1.82) is 0 Å². The molecule has 0 spiro atoms. The second kappa shape index (κ2) is 3.71. The maximum atomic E-state index is 10.7. The summed E-state index contributed by atoms with van der Waals surface area (Å²) in [5, 5.41) is 10.9. The summed E-state index contributed by atoms with van der Waals surface area (Å²) in [4.78, 5) is 10.7. The van der Waals surface area contributed by atoms with E-state index >= 15 is 0 Å². The number of benzene rings is 2. The average Bonchev–Trinajstić information content (AvgIpc) is 2.27. The molecule has 0 aliphatic rings. The van der Waals surface area contributed by atoms with Gasteiger partial charge in [-0.2, -0.15) is 0 Å². The Balaban J connectivity index is 2.51. The summed E-state index contributed by atoms with van der Waals surface area (Å²) < 4.78 is 0. The number of fused-ring (bicyclic) bond motifs is 1. The van der Waals surface area contributed by atoms with E-state index in [2.05, 4.69) is 0 Å². The molecular weight excluding hydrogens is 190 g/mol. The molecule has 0 aliphatic heterocycles. The van der Waals surface area contributed by atoms with E-state index in [4.69, 9.17) is 10.8 Å². The van der Waals surface area contributed by atoms with Crippen LogP contribution in [0.5, 0.6) is 0 Å². The van der Waals surface area contributed by atoms with Crippen LogP contribution in [0.3, 0.4) is 0 Å². The Bertz CT molecular complexity index is 508. The lowest BCUT2D eigenvalue weighted by molar-refractivity contribution is -0.138. The largest absolute Gasteiger partial charge is 0.480 e. The van der Waals surface area contributed by atoms with E-state index in [1.54, 1.807) is 6.07 Å². The Morgan fingerprint density at radius 3 is 2.47 bits per heavy atom. The van der Waals surface area contributed by atoms with Crippen LogP contribution in [0.1, 0.15) is 11.6 Å². The molecule has 3 nitrogen and oxygen atoms in total. The fourth-order valence-electron chi connectivity index (χ4n) is 1.54. The molecule has 1 atom stereocenters. The number of nitrogens with two attached hydrogens (primary N) is 1. The molecule has 3 heteroatoms. The minimum absolute atomic E-state index is 0.626. The van der Waals surface area contributed by atoms with Gasteiger partial charge >= 0.3 is 5.97 Å². The molecule has 15 heavy (non-hydrogen) atoms. The summed E-state index contributed by atoms with van der Waals surface area (Å²) in [5.74, 6) is -1.01. The van der Waals surface area contributed by atoms with E-state index in [1.165, 1.54) is 0 Å². The van der Waals surface area contributed by atoms with E-state index in [0.717, 1.165) is 10.8 Å². The number of rotatable bonds is 2. The lowest BCUT2D eigenvalue weighted by Crippen LogP contribution is -2.20. The highest BCUT2D eigenvalue weighted by Gasteiger charge is 2.13. The monoisotopic (exact) mass is 201 g/mol. The lowest BCUT2D eigenvalue weighted by atomic mass is 10.0. The second-order valence-electron chi connectivity index (χ2n) is 3.42. The number of aliphatic carboxylic acids is 1. The number of hydrogen-bond acceptors (Lipinski definition) is 2. The van der Waals surface area contributed by atoms with Gasteiger partial charge in [0.15, 0.2) is 0 Å². The van der Waals surface area contributed by atoms with Crippen molar-refractivity contribution in [3.8, 4) is 0 Å². The van der Waals surface area contributed by atoms with Gasteiger partial charge in [-0.05, 0) is 22.4 Å². The van der Waals surface area contributed by atoms with Crippen molar-refractivity contribution in [1.82, 2.24) is 0 Å². The topological polar surface area (TPSA) is 63.3 Å². The van der Waals surface area contributed by atoms with Crippen molar-refractivity contribution in [2.45, 2.75) is 6.04 Å². The highest BCUT2D eigenvalue weighted by atomic mass is 16.4. The molecule has 76 valence electrons. The molecule has 0 radical (unpaired) electrons.